The maximum Gasteiger partial charge on any atom is 0.416 e. The molecule has 1 aliphatic heterocycles. The molecular weight excluding hydrogens is 305 g/mol. The zero-order valence-electron chi connectivity index (χ0n) is 12.6. The van der Waals surface area contributed by atoms with Gasteiger partial charge in [-0.15, -0.1) is 0 Å². The Morgan fingerprint density at radius 2 is 2.17 bits per heavy atom. The van der Waals surface area contributed by atoms with Gasteiger partial charge in [0.1, 0.15) is 0 Å². The number of amides is 1. The Kier molecular flexibility index (Phi) is 4.19. The van der Waals surface area contributed by atoms with E-state index in [1.807, 2.05) is 0 Å². The summed E-state index contributed by atoms with van der Waals surface area (Å²) < 4.78 is 38.1. The Labute approximate surface area is 133 Å². The van der Waals surface area contributed by atoms with E-state index in [9.17, 15) is 18.0 Å². The lowest BCUT2D eigenvalue weighted by Crippen LogP contribution is -2.35. The lowest BCUT2D eigenvalue weighted by atomic mass is 10.1. The zero-order chi connectivity index (χ0) is 16.6. The molecule has 1 aromatic carbocycles. The second-order valence-electron chi connectivity index (χ2n) is 6.21. The van der Waals surface area contributed by atoms with Crippen LogP contribution in [-0.4, -0.2) is 29.9 Å². The molecule has 1 N–H and O–H groups in total. The summed E-state index contributed by atoms with van der Waals surface area (Å²) in [4.78, 5) is 13.4. The van der Waals surface area contributed by atoms with E-state index in [1.54, 1.807) is 11.0 Å². The van der Waals surface area contributed by atoms with Gasteiger partial charge in [-0.25, -0.2) is 0 Å². The molecule has 3 rings (SSSR count). The average molecular weight is 324 g/mol. The summed E-state index contributed by atoms with van der Waals surface area (Å²) >= 11 is 0. The molecule has 0 unspecified atom stereocenters. The predicted octanol–water partition coefficient (Wildman–Crippen LogP) is 2.83. The number of alkyl halides is 3. The molecule has 3 atom stereocenters. The van der Waals surface area contributed by atoms with Gasteiger partial charge in [0.05, 0.1) is 5.56 Å². The van der Waals surface area contributed by atoms with Crippen molar-refractivity contribution in [1.29, 1.82) is 0 Å². The van der Waals surface area contributed by atoms with Crippen molar-refractivity contribution in [3.8, 4) is 0 Å². The smallest absolute Gasteiger partial charge is 0.339 e. The molecule has 1 saturated heterocycles. The van der Waals surface area contributed by atoms with E-state index >= 15 is 0 Å². The van der Waals surface area contributed by atoms with Crippen molar-refractivity contribution in [1.82, 2.24) is 10.2 Å². The molecule has 23 heavy (non-hydrogen) atoms. The van der Waals surface area contributed by atoms with Gasteiger partial charge in [-0.1, -0.05) is 24.8 Å². The third-order valence-electron chi connectivity index (χ3n) is 4.78. The molecular formula is C17H19F3N2O. The van der Waals surface area contributed by atoms with E-state index in [1.165, 1.54) is 18.2 Å². The van der Waals surface area contributed by atoms with Gasteiger partial charge in [0.25, 0.3) is 0 Å². The zero-order valence-corrected chi connectivity index (χ0v) is 12.6. The van der Waals surface area contributed by atoms with Crippen LogP contribution in [0.4, 0.5) is 13.2 Å². The van der Waals surface area contributed by atoms with Crippen LogP contribution >= 0.6 is 0 Å². The molecule has 0 radical (unpaired) electrons. The summed E-state index contributed by atoms with van der Waals surface area (Å²) in [6.45, 7) is 5.35. The van der Waals surface area contributed by atoms with Gasteiger partial charge in [-0.3, -0.25) is 4.79 Å². The number of nitrogens with zero attached hydrogens (tertiary/aromatic N) is 1. The summed E-state index contributed by atoms with van der Waals surface area (Å²) in [7, 11) is 0. The van der Waals surface area contributed by atoms with Crippen molar-refractivity contribution in [2.24, 2.45) is 11.8 Å². The van der Waals surface area contributed by atoms with Gasteiger partial charge in [-0.05, 0) is 36.0 Å². The third-order valence-corrected chi connectivity index (χ3v) is 4.78. The lowest BCUT2D eigenvalue weighted by Gasteiger charge is -2.24. The lowest BCUT2D eigenvalue weighted by molar-refractivity contribution is -0.137. The number of fused-ring (bicyclic) bond motifs is 1. The first kappa shape index (κ1) is 16.1. The summed E-state index contributed by atoms with van der Waals surface area (Å²) in [6, 6.07) is 5.69. The van der Waals surface area contributed by atoms with Crippen LogP contribution in [-0.2, 0) is 17.5 Å². The third kappa shape index (κ3) is 3.42. The molecule has 124 valence electrons. The molecule has 0 bridgehead atoms. The first-order valence-electron chi connectivity index (χ1n) is 7.71. The topological polar surface area (TPSA) is 32.3 Å². The molecule has 2 aliphatic rings. The highest BCUT2D eigenvalue weighted by Crippen LogP contribution is 2.45. The maximum atomic E-state index is 12.7. The van der Waals surface area contributed by atoms with Crippen LogP contribution in [0.2, 0.25) is 0 Å². The van der Waals surface area contributed by atoms with Crippen molar-refractivity contribution in [2.45, 2.75) is 25.2 Å². The number of likely N-dealkylation sites (tertiary alicyclic amines) is 1. The van der Waals surface area contributed by atoms with E-state index < -0.39 is 11.7 Å². The first-order chi connectivity index (χ1) is 10.9. The second-order valence-corrected chi connectivity index (χ2v) is 6.21. The van der Waals surface area contributed by atoms with E-state index in [4.69, 9.17) is 0 Å². The fourth-order valence-electron chi connectivity index (χ4n) is 3.46. The molecule has 1 aromatic rings. The Bertz CT molecular complexity index is 614. The largest absolute Gasteiger partial charge is 0.416 e. The predicted molar refractivity (Wildman–Crippen MR) is 80.4 cm³/mol. The molecule has 6 heteroatoms. The van der Waals surface area contributed by atoms with Crippen LogP contribution in [0.3, 0.4) is 0 Å². The SMILES string of the molecule is C=CC(=O)N1CC[C@@H]2[C@H](C1)[C@H]2NCc1cccc(C(F)(F)F)c1. The van der Waals surface area contributed by atoms with E-state index in [0.29, 0.717) is 30.5 Å². The number of carbonyl (C=O) groups excluding carboxylic acids is 1. The highest BCUT2D eigenvalue weighted by molar-refractivity contribution is 5.87. The first-order valence-corrected chi connectivity index (χ1v) is 7.71. The number of nitrogens with one attached hydrogen (secondary N) is 1. The fourth-order valence-corrected chi connectivity index (χ4v) is 3.46. The van der Waals surface area contributed by atoms with Crippen molar-refractivity contribution in [3.63, 3.8) is 0 Å². The molecule has 2 fully saturated rings. The van der Waals surface area contributed by atoms with Crippen LogP contribution in [0.15, 0.2) is 36.9 Å². The van der Waals surface area contributed by atoms with Crippen LogP contribution in [0.5, 0.6) is 0 Å². The van der Waals surface area contributed by atoms with Crippen molar-refractivity contribution < 1.29 is 18.0 Å². The van der Waals surface area contributed by atoms with Gasteiger partial charge in [0.15, 0.2) is 0 Å². The Balaban J connectivity index is 1.55. The number of carbonyl (C=O) groups is 1. The van der Waals surface area contributed by atoms with Crippen LogP contribution in [0, 0.1) is 11.8 Å². The van der Waals surface area contributed by atoms with Crippen molar-refractivity contribution in [3.05, 3.63) is 48.0 Å². The highest BCUT2D eigenvalue weighted by Gasteiger charge is 2.52. The summed E-state index contributed by atoms with van der Waals surface area (Å²) in [5, 5.41) is 3.34. The highest BCUT2D eigenvalue weighted by atomic mass is 19.4. The van der Waals surface area contributed by atoms with Crippen molar-refractivity contribution in [2.75, 3.05) is 13.1 Å². The number of hydrogen-bond acceptors (Lipinski definition) is 2. The van der Waals surface area contributed by atoms with Gasteiger partial charge >= 0.3 is 6.18 Å². The fraction of sp³-hybridized carbons (Fsp3) is 0.471. The minimum absolute atomic E-state index is 0.0491. The summed E-state index contributed by atoms with van der Waals surface area (Å²) in [5.41, 5.74) is 0.00950. The van der Waals surface area contributed by atoms with Gasteiger partial charge in [0, 0.05) is 25.7 Å². The number of hydrogen-bond donors (Lipinski definition) is 1. The quantitative estimate of drug-likeness (QED) is 0.864. The van der Waals surface area contributed by atoms with E-state index in [2.05, 4.69) is 11.9 Å². The Morgan fingerprint density at radius 1 is 1.39 bits per heavy atom. The van der Waals surface area contributed by atoms with Gasteiger partial charge in [0.2, 0.25) is 5.91 Å². The Morgan fingerprint density at radius 3 is 2.87 bits per heavy atom. The maximum absolute atomic E-state index is 12.7. The number of halogens is 3. The molecule has 0 spiro atoms. The molecule has 1 amide bonds. The number of piperidine rings is 1. The Hall–Kier alpha value is -1.82. The molecule has 1 heterocycles. The second kappa shape index (κ2) is 6.00. The molecule has 3 nitrogen and oxygen atoms in total. The molecule has 0 aromatic heterocycles. The molecule has 1 saturated carbocycles. The van der Waals surface area contributed by atoms with Crippen molar-refractivity contribution >= 4 is 5.91 Å². The van der Waals surface area contributed by atoms with Crippen LogP contribution < -0.4 is 5.32 Å². The normalized spacial score (nSPS) is 26.6. The summed E-state index contributed by atoms with van der Waals surface area (Å²) in [5.74, 6) is 0.875. The van der Waals surface area contributed by atoms with E-state index in [0.717, 1.165) is 19.0 Å². The number of benzene rings is 1. The van der Waals surface area contributed by atoms with Gasteiger partial charge in [-0.2, -0.15) is 13.2 Å². The monoisotopic (exact) mass is 324 g/mol. The average Bonchev–Trinajstić information content (AvgIpc) is 3.24. The molecule has 1 aliphatic carbocycles. The van der Waals surface area contributed by atoms with Gasteiger partial charge < -0.3 is 10.2 Å². The van der Waals surface area contributed by atoms with Crippen LogP contribution in [0.25, 0.3) is 0 Å². The van der Waals surface area contributed by atoms with E-state index in [-0.39, 0.29) is 11.9 Å². The minimum atomic E-state index is -4.31. The standard InChI is InChI=1S/C17H19F3N2O/c1-2-15(23)22-7-6-13-14(10-22)16(13)21-9-11-4-3-5-12(8-11)17(18,19)20/h2-5,8,13-14,16,21H,1,6-7,9-10H2/t13-,14+,16+/m1/s1. The van der Waals surface area contributed by atoms with Crippen LogP contribution in [0.1, 0.15) is 17.5 Å². The summed E-state index contributed by atoms with van der Waals surface area (Å²) in [6.07, 6.45) is -2.05. The minimum Gasteiger partial charge on any atom is -0.339 e. The number of rotatable bonds is 4.